The van der Waals surface area contributed by atoms with Crippen LogP contribution in [-0.2, 0) is 0 Å². The molecule has 0 bridgehead atoms. The summed E-state index contributed by atoms with van der Waals surface area (Å²) in [7, 11) is 4.79. The molecule has 0 aliphatic carbocycles. The SMILES string of the molecule is COc1ccc2nc(Cl)c(C3CC(c4ccc(OC)c(OC)c4)=NN3C(=O)c3ccccc3)cc2c1. The number of carbonyl (C=O) groups is 1. The lowest BCUT2D eigenvalue weighted by molar-refractivity contribution is 0.0711. The monoisotopic (exact) mass is 501 g/mol. The summed E-state index contributed by atoms with van der Waals surface area (Å²) in [5.41, 5.74) is 3.54. The summed E-state index contributed by atoms with van der Waals surface area (Å²) in [6.07, 6.45) is 0.449. The fourth-order valence-corrected chi connectivity index (χ4v) is 4.62. The highest BCUT2D eigenvalue weighted by molar-refractivity contribution is 6.30. The van der Waals surface area contributed by atoms with Crippen molar-refractivity contribution >= 4 is 34.1 Å². The smallest absolute Gasteiger partial charge is 0.274 e. The lowest BCUT2D eigenvalue weighted by atomic mass is 9.97. The number of hydrazone groups is 1. The minimum absolute atomic E-state index is 0.224. The molecule has 0 fully saturated rings. The maximum Gasteiger partial charge on any atom is 0.274 e. The van der Waals surface area contributed by atoms with Crippen LogP contribution < -0.4 is 14.2 Å². The maximum atomic E-state index is 13.6. The molecule has 182 valence electrons. The highest BCUT2D eigenvalue weighted by atomic mass is 35.5. The second-order valence-electron chi connectivity index (χ2n) is 8.28. The number of hydrogen-bond acceptors (Lipinski definition) is 6. The second-order valence-corrected chi connectivity index (χ2v) is 8.64. The maximum absolute atomic E-state index is 13.6. The first-order chi connectivity index (χ1) is 17.5. The van der Waals surface area contributed by atoms with Crippen LogP contribution in [0.25, 0.3) is 10.9 Å². The van der Waals surface area contributed by atoms with Crippen molar-refractivity contribution in [2.75, 3.05) is 21.3 Å². The predicted octanol–water partition coefficient (Wildman–Crippen LogP) is 5.91. The molecule has 0 N–H and O–H groups in total. The van der Waals surface area contributed by atoms with Gasteiger partial charge in [-0.05, 0) is 54.6 Å². The van der Waals surface area contributed by atoms with Gasteiger partial charge in [-0.1, -0.05) is 29.8 Å². The van der Waals surface area contributed by atoms with Crippen LogP contribution in [0.3, 0.4) is 0 Å². The van der Waals surface area contributed by atoms with Crippen molar-refractivity contribution in [3.63, 3.8) is 0 Å². The van der Waals surface area contributed by atoms with Crippen LogP contribution in [-0.4, -0.2) is 42.9 Å². The van der Waals surface area contributed by atoms with Crippen LogP contribution in [0.1, 0.15) is 33.9 Å². The summed E-state index contributed by atoms with van der Waals surface area (Å²) in [6.45, 7) is 0. The van der Waals surface area contributed by atoms with Gasteiger partial charge in [0.15, 0.2) is 11.5 Å². The Morgan fingerprint density at radius 2 is 1.69 bits per heavy atom. The Labute approximate surface area is 213 Å². The third-order valence-electron chi connectivity index (χ3n) is 6.22. The Morgan fingerprint density at radius 3 is 2.42 bits per heavy atom. The first-order valence-corrected chi connectivity index (χ1v) is 11.7. The molecule has 4 aromatic rings. The van der Waals surface area contributed by atoms with E-state index in [2.05, 4.69) is 4.98 Å². The number of methoxy groups -OCH3 is 3. The van der Waals surface area contributed by atoms with Gasteiger partial charge in [0.1, 0.15) is 10.9 Å². The van der Waals surface area contributed by atoms with Crippen molar-refractivity contribution in [3.8, 4) is 17.2 Å². The molecule has 0 saturated carbocycles. The molecule has 0 spiro atoms. The van der Waals surface area contributed by atoms with Crippen molar-refractivity contribution < 1.29 is 19.0 Å². The van der Waals surface area contributed by atoms with Gasteiger partial charge in [-0.2, -0.15) is 5.10 Å². The fourth-order valence-electron chi connectivity index (χ4n) is 4.35. The van der Waals surface area contributed by atoms with Gasteiger partial charge in [-0.3, -0.25) is 4.79 Å². The first kappa shape index (κ1) is 23.6. The van der Waals surface area contributed by atoms with Crippen LogP contribution in [0.5, 0.6) is 17.2 Å². The molecular formula is C28H24ClN3O4. The predicted molar refractivity (Wildman–Crippen MR) is 139 cm³/mol. The average Bonchev–Trinajstić information content (AvgIpc) is 3.37. The molecule has 1 amide bonds. The average molecular weight is 502 g/mol. The van der Waals surface area contributed by atoms with Gasteiger partial charge in [0.25, 0.3) is 5.91 Å². The number of amides is 1. The minimum atomic E-state index is -0.448. The number of benzene rings is 3. The van der Waals surface area contributed by atoms with Crippen molar-refractivity contribution in [2.24, 2.45) is 5.10 Å². The molecule has 1 unspecified atom stereocenters. The van der Waals surface area contributed by atoms with Crippen molar-refractivity contribution in [3.05, 3.63) is 94.6 Å². The van der Waals surface area contributed by atoms with Crippen molar-refractivity contribution in [2.45, 2.75) is 12.5 Å². The summed E-state index contributed by atoms with van der Waals surface area (Å²) >= 11 is 6.69. The van der Waals surface area contributed by atoms with Gasteiger partial charge in [-0.25, -0.2) is 9.99 Å². The quantitative estimate of drug-likeness (QED) is 0.307. The number of fused-ring (bicyclic) bond motifs is 1. The summed E-state index contributed by atoms with van der Waals surface area (Å²) in [5, 5.41) is 7.46. The number of carbonyl (C=O) groups excluding carboxylic acids is 1. The van der Waals surface area contributed by atoms with E-state index in [4.69, 9.17) is 30.9 Å². The van der Waals surface area contributed by atoms with Gasteiger partial charge in [0.05, 0.1) is 38.6 Å². The molecule has 1 aliphatic rings. The first-order valence-electron chi connectivity index (χ1n) is 11.3. The van der Waals surface area contributed by atoms with E-state index in [0.29, 0.717) is 39.9 Å². The number of aromatic nitrogens is 1. The molecule has 1 aromatic heterocycles. The Bertz CT molecular complexity index is 1470. The number of halogens is 1. The Morgan fingerprint density at radius 1 is 0.917 bits per heavy atom. The Balaban J connectivity index is 1.61. The molecule has 0 saturated heterocycles. The summed E-state index contributed by atoms with van der Waals surface area (Å²) in [6, 6.07) is 21.8. The summed E-state index contributed by atoms with van der Waals surface area (Å²) in [5.74, 6) is 1.69. The van der Waals surface area contributed by atoms with Gasteiger partial charge < -0.3 is 14.2 Å². The normalized spacial score (nSPS) is 15.1. The van der Waals surface area contributed by atoms with Gasteiger partial charge in [0, 0.05) is 28.5 Å². The molecule has 2 heterocycles. The van der Waals surface area contributed by atoms with Crippen molar-refractivity contribution in [1.29, 1.82) is 0 Å². The molecule has 1 atom stereocenters. The van der Waals surface area contributed by atoms with E-state index in [0.717, 1.165) is 22.2 Å². The Hall–Kier alpha value is -4.10. The van der Waals surface area contributed by atoms with E-state index in [1.165, 1.54) is 5.01 Å². The van der Waals surface area contributed by atoms with Crippen LogP contribution in [0.15, 0.2) is 77.9 Å². The van der Waals surface area contributed by atoms with Crippen LogP contribution >= 0.6 is 11.6 Å². The van der Waals surface area contributed by atoms with Crippen LogP contribution in [0.2, 0.25) is 5.15 Å². The van der Waals surface area contributed by atoms with Crippen LogP contribution in [0.4, 0.5) is 0 Å². The number of pyridine rings is 1. The molecule has 5 rings (SSSR count). The third-order valence-corrected chi connectivity index (χ3v) is 6.52. The van der Waals surface area contributed by atoms with Gasteiger partial charge in [0.2, 0.25) is 0 Å². The second kappa shape index (κ2) is 9.87. The van der Waals surface area contributed by atoms with Crippen molar-refractivity contribution in [1.82, 2.24) is 9.99 Å². The zero-order valence-corrected chi connectivity index (χ0v) is 20.8. The molecular weight excluding hydrogens is 478 g/mol. The molecule has 7 nitrogen and oxygen atoms in total. The molecule has 1 aliphatic heterocycles. The molecule has 0 radical (unpaired) electrons. The number of hydrogen-bond donors (Lipinski definition) is 0. The standard InChI is InChI=1S/C28H24ClN3O4/c1-34-20-10-11-22-19(13-20)14-21(27(29)30-22)24-16-23(18-9-12-25(35-2)26(15-18)36-3)31-32(24)28(33)17-7-5-4-6-8-17/h4-15,24H,16H2,1-3H3. The Kier molecular flexibility index (Phi) is 6.48. The molecule has 36 heavy (non-hydrogen) atoms. The highest BCUT2D eigenvalue weighted by Crippen LogP contribution is 2.39. The van der Waals surface area contributed by atoms with E-state index in [9.17, 15) is 4.79 Å². The van der Waals surface area contributed by atoms with E-state index >= 15 is 0 Å². The lowest BCUT2D eigenvalue weighted by Crippen LogP contribution is -2.27. The number of ether oxygens (including phenoxy) is 3. The third kappa shape index (κ3) is 4.33. The van der Waals surface area contributed by atoms with E-state index in [1.807, 2.05) is 60.7 Å². The fraction of sp³-hybridized carbons (Fsp3) is 0.179. The van der Waals surface area contributed by atoms with Crippen LogP contribution in [0, 0.1) is 0 Å². The van der Waals surface area contributed by atoms with Gasteiger partial charge >= 0.3 is 0 Å². The summed E-state index contributed by atoms with van der Waals surface area (Å²) < 4.78 is 16.2. The van der Waals surface area contributed by atoms with E-state index in [1.54, 1.807) is 33.5 Å². The number of rotatable bonds is 6. The number of nitrogens with zero attached hydrogens (tertiary/aromatic N) is 3. The topological polar surface area (TPSA) is 73.2 Å². The highest BCUT2D eigenvalue weighted by Gasteiger charge is 2.35. The van der Waals surface area contributed by atoms with Gasteiger partial charge in [-0.15, -0.1) is 0 Å². The molecule has 3 aromatic carbocycles. The van der Waals surface area contributed by atoms with E-state index in [-0.39, 0.29) is 5.91 Å². The molecule has 8 heteroatoms. The largest absolute Gasteiger partial charge is 0.497 e. The zero-order chi connectivity index (χ0) is 25.2. The summed E-state index contributed by atoms with van der Waals surface area (Å²) in [4.78, 5) is 18.2. The minimum Gasteiger partial charge on any atom is -0.497 e. The zero-order valence-electron chi connectivity index (χ0n) is 20.1. The lowest BCUT2D eigenvalue weighted by Gasteiger charge is -2.23. The van der Waals surface area contributed by atoms with E-state index < -0.39 is 6.04 Å².